The number of nitrogens with zero attached hydrogens (tertiary/aromatic N) is 3. The minimum absolute atomic E-state index is 0.0341. The molecule has 0 spiro atoms. The number of anilines is 2. The summed E-state index contributed by atoms with van der Waals surface area (Å²) in [6, 6.07) is 4.85. The SMILES string of the molecule is O=C(Nc1cnc(N2CCCCC2)nc1)c1cccc(OC(F)(F)F)c1. The fourth-order valence-electron chi connectivity index (χ4n) is 2.68. The van der Waals surface area contributed by atoms with Gasteiger partial charge in [-0.1, -0.05) is 6.07 Å². The highest BCUT2D eigenvalue weighted by atomic mass is 19.4. The number of rotatable bonds is 4. The van der Waals surface area contributed by atoms with E-state index in [4.69, 9.17) is 0 Å². The van der Waals surface area contributed by atoms with Crippen molar-refractivity contribution >= 4 is 17.5 Å². The molecular formula is C17H17F3N4O2. The molecule has 0 unspecified atom stereocenters. The second-order valence-corrected chi connectivity index (χ2v) is 5.85. The largest absolute Gasteiger partial charge is 0.573 e. The number of amides is 1. The van der Waals surface area contributed by atoms with E-state index in [2.05, 4.69) is 24.9 Å². The van der Waals surface area contributed by atoms with Gasteiger partial charge in [-0.15, -0.1) is 13.2 Å². The first-order valence-corrected chi connectivity index (χ1v) is 8.15. The number of hydrogen-bond acceptors (Lipinski definition) is 5. The number of alkyl halides is 3. The van der Waals surface area contributed by atoms with E-state index >= 15 is 0 Å². The number of carbonyl (C=O) groups is 1. The van der Waals surface area contributed by atoms with Crippen LogP contribution in [-0.2, 0) is 0 Å². The maximum absolute atomic E-state index is 12.3. The Morgan fingerprint density at radius 1 is 1.12 bits per heavy atom. The van der Waals surface area contributed by atoms with Crippen molar-refractivity contribution in [3.63, 3.8) is 0 Å². The van der Waals surface area contributed by atoms with Crippen LogP contribution in [0.4, 0.5) is 24.8 Å². The topological polar surface area (TPSA) is 67.4 Å². The molecule has 1 aromatic carbocycles. The molecule has 138 valence electrons. The van der Waals surface area contributed by atoms with Crippen LogP contribution < -0.4 is 15.0 Å². The third-order valence-electron chi connectivity index (χ3n) is 3.86. The van der Waals surface area contributed by atoms with Gasteiger partial charge in [-0.2, -0.15) is 0 Å². The van der Waals surface area contributed by atoms with E-state index in [1.165, 1.54) is 30.9 Å². The van der Waals surface area contributed by atoms with E-state index in [1.54, 1.807) is 0 Å². The third kappa shape index (κ3) is 4.84. The molecular weight excluding hydrogens is 349 g/mol. The van der Waals surface area contributed by atoms with Crippen LogP contribution in [0.1, 0.15) is 29.6 Å². The summed E-state index contributed by atoms with van der Waals surface area (Å²) in [6.07, 6.45) is 1.53. The van der Waals surface area contributed by atoms with Crippen LogP contribution in [0.2, 0.25) is 0 Å². The van der Waals surface area contributed by atoms with Gasteiger partial charge >= 0.3 is 6.36 Å². The van der Waals surface area contributed by atoms with Gasteiger partial charge < -0.3 is 15.0 Å². The lowest BCUT2D eigenvalue weighted by atomic mass is 10.1. The highest BCUT2D eigenvalue weighted by molar-refractivity contribution is 6.04. The summed E-state index contributed by atoms with van der Waals surface area (Å²) in [4.78, 5) is 22.8. The lowest BCUT2D eigenvalue weighted by Crippen LogP contribution is -2.30. The fourth-order valence-corrected chi connectivity index (χ4v) is 2.68. The van der Waals surface area contributed by atoms with Crippen molar-refractivity contribution in [2.45, 2.75) is 25.6 Å². The Morgan fingerprint density at radius 3 is 2.46 bits per heavy atom. The zero-order chi connectivity index (χ0) is 18.6. The summed E-state index contributed by atoms with van der Waals surface area (Å²) >= 11 is 0. The van der Waals surface area contributed by atoms with Crippen molar-refractivity contribution in [3.8, 4) is 5.75 Å². The molecule has 26 heavy (non-hydrogen) atoms. The average molecular weight is 366 g/mol. The van der Waals surface area contributed by atoms with Gasteiger partial charge in [0, 0.05) is 18.7 Å². The maximum atomic E-state index is 12.3. The number of hydrogen-bond donors (Lipinski definition) is 1. The third-order valence-corrected chi connectivity index (χ3v) is 3.86. The number of ether oxygens (including phenoxy) is 1. The van der Waals surface area contributed by atoms with Crippen molar-refractivity contribution < 1.29 is 22.7 Å². The summed E-state index contributed by atoms with van der Waals surface area (Å²) in [5.74, 6) is -0.433. The second kappa shape index (κ2) is 7.59. The van der Waals surface area contributed by atoms with Gasteiger partial charge in [-0.3, -0.25) is 4.79 Å². The Hall–Kier alpha value is -2.84. The zero-order valence-electron chi connectivity index (χ0n) is 13.8. The molecule has 1 N–H and O–H groups in total. The van der Waals surface area contributed by atoms with E-state index in [0.717, 1.165) is 38.1 Å². The maximum Gasteiger partial charge on any atom is 0.573 e. The molecule has 6 nitrogen and oxygen atoms in total. The monoisotopic (exact) mass is 366 g/mol. The van der Waals surface area contributed by atoms with Crippen LogP contribution in [0.15, 0.2) is 36.7 Å². The number of nitrogens with one attached hydrogen (secondary N) is 1. The Labute approximate surface area is 148 Å². The van der Waals surface area contributed by atoms with Crippen molar-refractivity contribution in [2.24, 2.45) is 0 Å². The van der Waals surface area contributed by atoms with Crippen LogP contribution in [-0.4, -0.2) is 35.3 Å². The molecule has 3 rings (SSSR count). The molecule has 1 fully saturated rings. The standard InChI is InChI=1S/C17H17F3N4O2/c18-17(19,20)26-14-6-4-5-12(9-14)15(25)23-13-10-21-16(22-11-13)24-7-2-1-3-8-24/h4-6,9-11H,1-3,7-8H2,(H,23,25). The van der Waals surface area contributed by atoms with Crippen molar-refractivity contribution in [1.82, 2.24) is 9.97 Å². The summed E-state index contributed by atoms with van der Waals surface area (Å²) in [5, 5.41) is 2.56. The molecule has 9 heteroatoms. The molecule has 0 aliphatic carbocycles. The number of piperidine rings is 1. The Balaban J connectivity index is 1.65. The summed E-state index contributed by atoms with van der Waals surface area (Å²) in [7, 11) is 0. The van der Waals surface area contributed by atoms with Gasteiger partial charge in [-0.25, -0.2) is 9.97 Å². The predicted octanol–water partition coefficient (Wildman–Crippen LogP) is 3.62. The van der Waals surface area contributed by atoms with Crippen molar-refractivity contribution in [1.29, 1.82) is 0 Å². The smallest absolute Gasteiger partial charge is 0.406 e. The molecule has 1 amide bonds. The molecule has 1 aliphatic heterocycles. The molecule has 0 bridgehead atoms. The highest BCUT2D eigenvalue weighted by Crippen LogP contribution is 2.24. The number of halogens is 3. The van der Waals surface area contributed by atoms with E-state index in [1.807, 2.05) is 0 Å². The molecule has 1 aromatic heterocycles. The lowest BCUT2D eigenvalue weighted by molar-refractivity contribution is -0.274. The first-order chi connectivity index (χ1) is 12.4. The van der Waals surface area contributed by atoms with Crippen LogP contribution in [0.5, 0.6) is 5.75 Å². The van der Waals surface area contributed by atoms with Crippen LogP contribution >= 0.6 is 0 Å². The highest BCUT2D eigenvalue weighted by Gasteiger charge is 2.31. The van der Waals surface area contributed by atoms with Gasteiger partial charge in [0.15, 0.2) is 0 Å². The molecule has 0 saturated carbocycles. The van der Waals surface area contributed by atoms with Gasteiger partial charge in [-0.05, 0) is 37.5 Å². The Morgan fingerprint density at radius 2 is 1.81 bits per heavy atom. The summed E-state index contributed by atoms with van der Waals surface area (Å²) < 4.78 is 40.6. The first-order valence-electron chi connectivity index (χ1n) is 8.15. The van der Waals surface area contributed by atoms with Gasteiger partial charge in [0.2, 0.25) is 5.95 Å². The quantitative estimate of drug-likeness (QED) is 0.895. The number of aromatic nitrogens is 2. The van der Waals surface area contributed by atoms with Crippen molar-refractivity contribution in [3.05, 3.63) is 42.2 Å². The molecule has 2 heterocycles. The molecule has 2 aromatic rings. The normalized spacial score (nSPS) is 14.8. The predicted molar refractivity (Wildman–Crippen MR) is 89.2 cm³/mol. The molecule has 0 radical (unpaired) electrons. The first kappa shape index (κ1) is 18.0. The van der Waals surface area contributed by atoms with Crippen LogP contribution in [0, 0.1) is 0 Å². The molecule has 1 aliphatic rings. The van der Waals surface area contributed by atoms with E-state index in [9.17, 15) is 18.0 Å². The van der Waals surface area contributed by atoms with E-state index < -0.39 is 18.0 Å². The Bertz CT molecular complexity index is 759. The zero-order valence-corrected chi connectivity index (χ0v) is 13.8. The van der Waals surface area contributed by atoms with Gasteiger partial charge in [0.05, 0.1) is 18.1 Å². The average Bonchev–Trinajstić information content (AvgIpc) is 2.62. The minimum atomic E-state index is -4.81. The molecule has 0 atom stereocenters. The van der Waals surface area contributed by atoms with Crippen LogP contribution in [0.25, 0.3) is 0 Å². The van der Waals surface area contributed by atoms with Crippen LogP contribution in [0.3, 0.4) is 0 Å². The second-order valence-electron chi connectivity index (χ2n) is 5.85. The summed E-state index contributed by atoms with van der Waals surface area (Å²) in [5.41, 5.74) is 0.393. The van der Waals surface area contributed by atoms with Gasteiger partial charge in [0.25, 0.3) is 5.91 Å². The van der Waals surface area contributed by atoms with Gasteiger partial charge in [0.1, 0.15) is 5.75 Å². The number of carbonyl (C=O) groups excluding carboxylic acids is 1. The lowest BCUT2D eigenvalue weighted by Gasteiger charge is -2.26. The van der Waals surface area contributed by atoms with E-state index in [0.29, 0.717) is 11.6 Å². The Kier molecular flexibility index (Phi) is 5.24. The van der Waals surface area contributed by atoms with E-state index in [-0.39, 0.29) is 5.56 Å². The minimum Gasteiger partial charge on any atom is -0.406 e. The summed E-state index contributed by atoms with van der Waals surface area (Å²) in [6.45, 7) is 1.80. The fraction of sp³-hybridized carbons (Fsp3) is 0.353. The molecule has 1 saturated heterocycles. The number of benzene rings is 1. The van der Waals surface area contributed by atoms with Crippen molar-refractivity contribution in [2.75, 3.05) is 23.3 Å².